The van der Waals surface area contributed by atoms with Crippen molar-refractivity contribution in [1.29, 1.82) is 0 Å². The van der Waals surface area contributed by atoms with E-state index in [1.807, 2.05) is 18.2 Å². The van der Waals surface area contributed by atoms with Crippen molar-refractivity contribution in [2.24, 2.45) is 0 Å². The zero-order chi connectivity index (χ0) is 14.5. The molecule has 1 unspecified atom stereocenters. The van der Waals surface area contributed by atoms with Gasteiger partial charge in [-0.15, -0.1) is 0 Å². The van der Waals surface area contributed by atoms with Crippen LogP contribution in [0.5, 0.6) is 0 Å². The minimum Gasteiger partial charge on any atom is -0.310 e. The van der Waals surface area contributed by atoms with Gasteiger partial charge < -0.3 is 5.32 Å². The summed E-state index contributed by atoms with van der Waals surface area (Å²) < 4.78 is 2.17. The molecule has 0 aromatic heterocycles. The van der Waals surface area contributed by atoms with Gasteiger partial charge in [0.2, 0.25) is 0 Å². The molecular formula is C16H16Br2ClN. The fraction of sp³-hybridized carbons (Fsp3) is 0.250. The first-order valence-corrected chi connectivity index (χ1v) is 8.43. The molecule has 0 spiro atoms. The SMILES string of the molecule is CC(Cc1ccc(Br)cc1)NCc1ccc(Cl)cc1Br. The first kappa shape index (κ1) is 16.0. The zero-order valence-corrected chi connectivity index (χ0v) is 15.1. The van der Waals surface area contributed by atoms with Crippen LogP contribution in [0.2, 0.25) is 5.02 Å². The Morgan fingerprint density at radius 1 is 1.10 bits per heavy atom. The first-order chi connectivity index (χ1) is 9.54. The summed E-state index contributed by atoms with van der Waals surface area (Å²) in [5.41, 5.74) is 2.56. The maximum absolute atomic E-state index is 5.95. The summed E-state index contributed by atoms with van der Waals surface area (Å²) in [5.74, 6) is 0. The van der Waals surface area contributed by atoms with Gasteiger partial charge in [0, 0.05) is 26.6 Å². The normalized spacial score (nSPS) is 12.4. The highest BCUT2D eigenvalue weighted by molar-refractivity contribution is 9.10. The molecule has 0 saturated heterocycles. The fourth-order valence-electron chi connectivity index (χ4n) is 2.00. The van der Waals surface area contributed by atoms with Crippen LogP contribution in [0.4, 0.5) is 0 Å². The average Bonchev–Trinajstić information content (AvgIpc) is 2.40. The second-order valence-electron chi connectivity index (χ2n) is 4.85. The van der Waals surface area contributed by atoms with E-state index >= 15 is 0 Å². The van der Waals surface area contributed by atoms with Gasteiger partial charge in [0.05, 0.1) is 0 Å². The van der Waals surface area contributed by atoms with Crippen molar-refractivity contribution in [3.8, 4) is 0 Å². The molecule has 106 valence electrons. The van der Waals surface area contributed by atoms with Crippen LogP contribution in [0.25, 0.3) is 0 Å². The Labute approximate surface area is 142 Å². The quantitative estimate of drug-likeness (QED) is 0.669. The highest BCUT2D eigenvalue weighted by Crippen LogP contribution is 2.21. The molecule has 0 radical (unpaired) electrons. The molecule has 0 aliphatic carbocycles. The topological polar surface area (TPSA) is 12.0 Å². The van der Waals surface area contributed by atoms with Crippen molar-refractivity contribution in [3.05, 3.63) is 67.6 Å². The standard InChI is InChI=1S/C16H16Br2ClN/c1-11(8-12-2-5-14(17)6-3-12)20-10-13-4-7-15(19)9-16(13)18/h2-7,9,11,20H,8,10H2,1H3. The van der Waals surface area contributed by atoms with E-state index in [0.717, 1.165) is 26.9 Å². The van der Waals surface area contributed by atoms with Gasteiger partial charge in [0.15, 0.2) is 0 Å². The number of halogens is 3. The van der Waals surface area contributed by atoms with Crippen molar-refractivity contribution in [3.63, 3.8) is 0 Å². The van der Waals surface area contributed by atoms with Gasteiger partial charge in [-0.3, -0.25) is 0 Å². The lowest BCUT2D eigenvalue weighted by molar-refractivity contribution is 0.544. The van der Waals surface area contributed by atoms with Crippen LogP contribution >= 0.6 is 43.5 Å². The van der Waals surface area contributed by atoms with Crippen molar-refractivity contribution in [1.82, 2.24) is 5.32 Å². The number of hydrogen-bond donors (Lipinski definition) is 1. The second-order valence-corrected chi connectivity index (χ2v) is 7.05. The van der Waals surface area contributed by atoms with Crippen LogP contribution in [0.1, 0.15) is 18.1 Å². The Hall–Kier alpha value is -0.350. The minimum atomic E-state index is 0.416. The van der Waals surface area contributed by atoms with Crippen LogP contribution in [0.15, 0.2) is 51.4 Å². The molecule has 0 aliphatic rings. The van der Waals surface area contributed by atoms with Crippen molar-refractivity contribution < 1.29 is 0 Å². The predicted octanol–water partition coefficient (Wildman–Crippen LogP) is 5.59. The second kappa shape index (κ2) is 7.60. The Morgan fingerprint density at radius 3 is 2.45 bits per heavy atom. The van der Waals surface area contributed by atoms with Crippen LogP contribution in [-0.4, -0.2) is 6.04 Å². The highest BCUT2D eigenvalue weighted by Gasteiger charge is 2.05. The summed E-state index contributed by atoms with van der Waals surface area (Å²) in [7, 11) is 0. The number of rotatable bonds is 5. The molecule has 20 heavy (non-hydrogen) atoms. The molecule has 2 rings (SSSR count). The smallest absolute Gasteiger partial charge is 0.0417 e. The van der Waals surface area contributed by atoms with Crippen LogP contribution in [0.3, 0.4) is 0 Å². The van der Waals surface area contributed by atoms with Gasteiger partial charge in [0.25, 0.3) is 0 Å². The lowest BCUT2D eigenvalue weighted by Gasteiger charge is -2.15. The zero-order valence-electron chi connectivity index (χ0n) is 11.2. The van der Waals surface area contributed by atoms with Gasteiger partial charge in [-0.1, -0.05) is 61.7 Å². The van der Waals surface area contributed by atoms with E-state index in [0.29, 0.717) is 6.04 Å². The van der Waals surface area contributed by atoms with E-state index < -0.39 is 0 Å². The lowest BCUT2D eigenvalue weighted by atomic mass is 10.1. The number of benzene rings is 2. The minimum absolute atomic E-state index is 0.416. The monoisotopic (exact) mass is 415 g/mol. The molecule has 0 heterocycles. The van der Waals surface area contributed by atoms with E-state index in [2.05, 4.69) is 68.4 Å². The molecule has 0 amide bonds. The largest absolute Gasteiger partial charge is 0.310 e. The Morgan fingerprint density at radius 2 is 1.80 bits per heavy atom. The number of hydrogen-bond acceptors (Lipinski definition) is 1. The molecule has 4 heteroatoms. The highest BCUT2D eigenvalue weighted by atomic mass is 79.9. The van der Waals surface area contributed by atoms with Crippen LogP contribution in [0, 0.1) is 0 Å². The summed E-state index contributed by atoms with van der Waals surface area (Å²) in [5, 5.41) is 4.29. The third kappa shape index (κ3) is 4.88. The van der Waals surface area contributed by atoms with E-state index in [1.54, 1.807) is 0 Å². The van der Waals surface area contributed by atoms with Gasteiger partial charge in [0.1, 0.15) is 0 Å². The molecule has 2 aromatic carbocycles. The summed E-state index contributed by atoms with van der Waals surface area (Å²) in [6.07, 6.45) is 1.01. The van der Waals surface area contributed by atoms with Crippen molar-refractivity contribution in [2.45, 2.75) is 25.9 Å². The maximum atomic E-state index is 5.95. The Bertz CT molecular complexity index is 569. The third-order valence-corrected chi connectivity index (χ3v) is 4.61. The summed E-state index contributed by atoms with van der Waals surface area (Å²) in [6.45, 7) is 3.03. The molecule has 0 fully saturated rings. The average molecular weight is 418 g/mol. The molecule has 0 saturated carbocycles. The molecule has 0 bridgehead atoms. The van der Waals surface area contributed by atoms with E-state index in [-0.39, 0.29) is 0 Å². The van der Waals surface area contributed by atoms with Crippen LogP contribution in [-0.2, 0) is 13.0 Å². The molecule has 0 aliphatic heterocycles. The van der Waals surface area contributed by atoms with Gasteiger partial charge >= 0.3 is 0 Å². The Balaban J connectivity index is 1.88. The number of nitrogens with one attached hydrogen (secondary N) is 1. The summed E-state index contributed by atoms with van der Waals surface area (Å²) in [6, 6.07) is 14.8. The van der Waals surface area contributed by atoms with Gasteiger partial charge in [-0.2, -0.15) is 0 Å². The molecule has 1 nitrogen and oxygen atoms in total. The Kier molecular flexibility index (Phi) is 6.09. The van der Waals surface area contributed by atoms with Crippen LogP contribution < -0.4 is 5.32 Å². The lowest BCUT2D eigenvalue weighted by Crippen LogP contribution is -2.27. The first-order valence-electron chi connectivity index (χ1n) is 6.46. The van der Waals surface area contributed by atoms with Crippen molar-refractivity contribution in [2.75, 3.05) is 0 Å². The van der Waals surface area contributed by atoms with Gasteiger partial charge in [-0.05, 0) is 48.7 Å². The molecular weight excluding hydrogens is 401 g/mol. The van der Waals surface area contributed by atoms with Crippen molar-refractivity contribution >= 4 is 43.5 Å². The predicted molar refractivity (Wildman–Crippen MR) is 93.3 cm³/mol. The fourth-order valence-corrected chi connectivity index (χ4v) is 3.08. The maximum Gasteiger partial charge on any atom is 0.0417 e. The molecule has 1 N–H and O–H groups in total. The summed E-state index contributed by atoms with van der Waals surface area (Å²) in [4.78, 5) is 0. The van der Waals surface area contributed by atoms with E-state index in [9.17, 15) is 0 Å². The molecule has 2 aromatic rings. The third-order valence-electron chi connectivity index (χ3n) is 3.11. The molecule has 1 atom stereocenters. The van der Waals surface area contributed by atoms with E-state index in [1.165, 1.54) is 11.1 Å². The summed E-state index contributed by atoms with van der Waals surface area (Å²) >= 11 is 12.9. The van der Waals surface area contributed by atoms with E-state index in [4.69, 9.17) is 11.6 Å². The van der Waals surface area contributed by atoms with Gasteiger partial charge in [-0.25, -0.2) is 0 Å².